The molecule has 5 nitrogen and oxygen atoms in total. The van der Waals surface area contributed by atoms with E-state index >= 15 is 0 Å². The molecule has 0 spiro atoms. The maximum absolute atomic E-state index is 11.7. The standard InChI is InChI=1S/C11H14ClNO4S/c12-7-3-4-8-18(16,17)13-10-6-2-1-5-9(10)11(14)15/h1-2,5-6,13H,3-4,7-8H2,(H,14,15). The van der Waals surface area contributed by atoms with Crippen LogP contribution in [-0.2, 0) is 10.0 Å². The highest BCUT2D eigenvalue weighted by molar-refractivity contribution is 7.92. The van der Waals surface area contributed by atoms with Gasteiger partial charge in [-0.25, -0.2) is 13.2 Å². The lowest BCUT2D eigenvalue weighted by Crippen LogP contribution is -2.18. The van der Waals surface area contributed by atoms with Gasteiger partial charge in [-0.15, -0.1) is 11.6 Å². The minimum atomic E-state index is -3.53. The number of halogens is 1. The van der Waals surface area contributed by atoms with Crippen LogP contribution in [0.4, 0.5) is 5.69 Å². The van der Waals surface area contributed by atoms with Crippen LogP contribution in [0.3, 0.4) is 0 Å². The van der Waals surface area contributed by atoms with Crippen LogP contribution in [0.25, 0.3) is 0 Å². The van der Waals surface area contributed by atoms with Crippen molar-refractivity contribution < 1.29 is 18.3 Å². The van der Waals surface area contributed by atoms with Crippen molar-refractivity contribution in [3.8, 4) is 0 Å². The molecule has 18 heavy (non-hydrogen) atoms. The average Bonchev–Trinajstić information content (AvgIpc) is 2.29. The van der Waals surface area contributed by atoms with E-state index in [-0.39, 0.29) is 17.0 Å². The Balaban J connectivity index is 2.81. The molecule has 1 aromatic carbocycles. The van der Waals surface area contributed by atoms with E-state index in [2.05, 4.69) is 4.72 Å². The van der Waals surface area contributed by atoms with E-state index in [4.69, 9.17) is 16.7 Å². The molecule has 0 heterocycles. The largest absolute Gasteiger partial charge is 0.478 e. The summed E-state index contributed by atoms with van der Waals surface area (Å²) < 4.78 is 25.7. The number of alkyl halides is 1. The van der Waals surface area contributed by atoms with Crippen LogP contribution in [0.1, 0.15) is 23.2 Å². The molecular weight excluding hydrogens is 278 g/mol. The van der Waals surface area contributed by atoms with Crippen molar-refractivity contribution in [2.45, 2.75) is 12.8 Å². The molecule has 0 aliphatic rings. The van der Waals surface area contributed by atoms with Crippen molar-refractivity contribution in [2.75, 3.05) is 16.4 Å². The summed E-state index contributed by atoms with van der Waals surface area (Å²) >= 11 is 5.46. The van der Waals surface area contributed by atoms with Crippen LogP contribution >= 0.6 is 11.6 Å². The maximum Gasteiger partial charge on any atom is 0.337 e. The fourth-order valence-electron chi connectivity index (χ4n) is 1.36. The third kappa shape index (κ3) is 4.54. The number of anilines is 1. The molecule has 1 rings (SSSR count). The summed E-state index contributed by atoms with van der Waals surface area (Å²) in [4.78, 5) is 10.9. The Morgan fingerprint density at radius 1 is 1.28 bits per heavy atom. The van der Waals surface area contributed by atoms with Crippen molar-refractivity contribution in [3.63, 3.8) is 0 Å². The highest BCUT2D eigenvalue weighted by Gasteiger charge is 2.15. The number of nitrogens with one attached hydrogen (secondary N) is 1. The lowest BCUT2D eigenvalue weighted by molar-refractivity contribution is 0.0698. The Labute approximate surface area is 111 Å². The van der Waals surface area contributed by atoms with Crippen molar-refractivity contribution >= 4 is 33.3 Å². The van der Waals surface area contributed by atoms with Gasteiger partial charge in [-0.05, 0) is 25.0 Å². The second kappa shape index (κ2) is 6.61. The maximum atomic E-state index is 11.7. The van der Waals surface area contributed by atoms with Gasteiger partial charge in [0.1, 0.15) is 0 Å². The highest BCUT2D eigenvalue weighted by Crippen LogP contribution is 2.17. The summed E-state index contributed by atoms with van der Waals surface area (Å²) in [6, 6.07) is 5.87. The zero-order valence-corrected chi connectivity index (χ0v) is 11.2. The number of hydrogen-bond acceptors (Lipinski definition) is 3. The molecular formula is C11H14ClNO4S. The van der Waals surface area contributed by atoms with Crippen LogP contribution in [0.15, 0.2) is 24.3 Å². The Morgan fingerprint density at radius 3 is 2.56 bits per heavy atom. The number of sulfonamides is 1. The summed E-state index contributed by atoms with van der Waals surface area (Å²) in [5.41, 5.74) is 0.00860. The smallest absolute Gasteiger partial charge is 0.337 e. The number of benzene rings is 1. The number of hydrogen-bond donors (Lipinski definition) is 2. The van der Waals surface area contributed by atoms with Gasteiger partial charge in [-0.1, -0.05) is 12.1 Å². The second-order valence-electron chi connectivity index (χ2n) is 3.67. The zero-order valence-electron chi connectivity index (χ0n) is 9.60. The first-order chi connectivity index (χ1) is 8.46. The molecule has 0 saturated carbocycles. The van der Waals surface area contributed by atoms with Crippen molar-refractivity contribution in [1.82, 2.24) is 0 Å². The summed E-state index contributed by atoms with van der Waals surface area (Å²) in [5, 5.41) is 8.92. The van der Waals surface area contributed by atoms with E-state index in [0.717, 1.165) is 0 Å². The van der Waals surface area contributed by atoms with Gasteiger partial charge in [0.05, 0.1) is 17.0 Å². The topological polar surface area (TPSA) is 83.5 Å². The molecule has 0 aliphatic heterocycles. The molecule has 100 valence electrons. The van der Waals surface area contributed by atoms with E-state index < -0.39 is 16.0 Å². The van der Waals surface area contributed by atoms with Crippen LogP contribution < -0.4 is 4.72 Å². The Kier molecular flexibility index (Phi) is 5.43. The van der Waals surface area contributed by atoms with Gasteiger partial charge in [0.25, 0.3) is 0 Å². The summed E-state index contributed by atoms with van der Waals surface area (Å²) in [6.45, 7) is 0. The number of carbonyl (C=O) groups is 1. The number of carboxylic acids is 1. The fraction of sp³-hybridized carbons (Fsp3) is 0.364. The molecule has 0 aliphatic carbocycles. The van der Waals surface area contributed by atoms with Crippen LogP contribution in [0.2, 0.25) is 0 Å². The van der Waals surface area contributed by atoms with Crippen LogP contribution in [0, 0.1) is 0 Å². The lowest BCUT2D eigenvalue weighted by Gasteiger charge is -2.09. The second-order valence-corrected chi connectivity index (χ2v) is 5.89. The Bertz CT molecular complexity index is 516. The number of carboxylic acid groups (broad SMARTS) is 1. The lowest BCUT2D eigenvalue weighted by atomic mass is 10.2. The SMILES string of the molecule is O=C(O)c1ccccc1NS(=O)(=O)CCCCCl. The Morgan fingerprint density at radius 2 is 1.94 bits per heavy atom. The molecule has 0 radical (unpaired) electrons. The van der Waals surface area contributed by atoms with Crippen molar-refractivity contribution in [1.29, 1.82) is 0 Å². The van der Waals surface area contributed by atoms with Gasteiger partial charge < -0.3 is 5.11 Å². The number of rotatable bonds is 7. The van der Waals surface area contributed by atoms with Gasteiger partial charge >= 0.3 is 5.97 Å². The van der Waals surface area contributed by atoms with Crippen molar-refractivity contribution in [2.24, 2.45) is 0 Å². The van der Waals surface area contributed by atoms with E-state index in [1.165, 1.54) is 18.2 Å². The molecule has 0 bridgehead atoms. The number of aromatic carboxylic acids is 1. The highest BCUT2D eigenvalue weighted by atomic mass is 35.5. The monoisotopic (exact) mass is 291 g/mol. The molecule has 0 amide bonds. The molecule has 0 saturated heterocycles. The third-order valence-electron chi connectivity index (χ3n) is 2.22. The zero-order chi connectivity index (χ0) is 13.6. The first-order valence-electron chi connectivity index (χ1n) is 5.35. The molecule has 0 unspecified atom stereocenters. The first kappa shape index (κ1) is 14.8. The molecule has 0 fully saturated rings. The van der Waals surface area contributed by atoms with Crippen molar-refractivity contribution in [3.05, 3.63) is 29.8 Å². The number of para-hydroxylation sites is 1. The molecule has 0 aromatic heterocycles. The van der Waals surface area contributed by atoms with Gasteiger partial charge in [0, 0.05) is 5.88 Å². The van der Waals surface area contributed by atoms with E-state index in [1.54, 1.807) is 6.07 Å². The fourth-order valence-corrected chi connectivity index (χ4v) is 2.75. The normalized spacial score (nSPS) is 11.2. The molecule has 2 N–H and O–H groups in total. The summed E-state index contributed by atoms with van der Waals surface area (Å²) in [7, 11) is -3.53. The van der Waals surface area contributed by atoms with Gasteiger partial charge in [-0.3, -0.25) is 4.72 Å². The third-order valence-corrected chi connectivity index (χ3v) is 3.84. The predicted molar refractivity (Wildman–Crippen MR) is 70.8 cm³/mol. The quantitative estimate of drug-likeness (QED) is 0.595. The van der Waals surface area contributed by atoms with E-state index in [9.17, 15) is 13.2 Å². The van der Waals surface area contributed by atoms with Gasteiger partial charge in [-0.2, -0.15) is 0 Å². The van der Waals surface area contributed by atoms with Gasteiger partial charge in [0.15, 0.2) is 0 Å². The average molecular weight is 292 g/mol. The summed E-state index contributed by atoms with van der Waals surface area (Å²) in [5.74, 6) is -0.844. The minimum Gasteiger partial charge on any atom is -0.478 e. The molecule has 1 aromatic rings. The van der Waals surface area contributed by atoms with Crippen LogP contribution in [-0.4, -0.2) is 31.1 Å². The number of unbranched alkanes of at least 4 members (excludes halogenated alkanes) is 1. The molecule has 7 heteroatoms. The predicted octanol–water partition coefficient (Wildman–Crippen LogP) is 2.15. The van der Waals surface area contributed by atoms with Crippen LogP contribution in [0.5, 0.6) is 0 Å². The van der Waals surface area contributed by atoms with E-state index in [1.807, 2.05) is 0 Å². The molecule has 0 atom stereocenters. The summed E-state index contributed by atoms with van der Waals surface area (Å²) in [6.07, 6.45) is 1.04. The Hall–Kier alpha value is -1.27. The minimum absolute atomic E-state index is 0.0709. The first-order valence-corrected chi connectivity index (χ1v) is 7.54. The van der Waals surface area contributed by atoms with Gasteiger partial charge in [0.2, 0.25) is 10.0 Å². The van der Waals surface area contributed by atoms with E-state index in [0.29, 0.717) is 18.7 Å².